The summed E-state index contributed by atoms with van der Waals surface area (Å²) in [6, 6.07) is 24.6. The Morgan fingerprint density at radius 3 is 2.16 bits per heavy atom. The molecule has 0 aliphatic carbocycles. The highest BCUT2D eigenvalue weighted by molar-refractivity contribution is 7.99. The first-order chi connectivity index (χ1) is 15.5. The molecular weight excluding hydrogens is 424 g/mol. The van der Waals surface area contributed by atoms with Gasteiger partial charge in [-0.3, -0.25) is 0 Å². The lowest BCUT2D eigenvalue weighted by Crippen LogP contribution is -2.29. The maximum atomic E-state index is 12.0. The summed E-state index contributed by atoms with van der Waals surface area (Å²) in [6.07, 6.45) is 1.65. The molecule has 0 spiro atoms. The van der Waals surface area contributed by atoms with Gasteiger partial charge in [0.2, 0.25) is 0 Å². The van der Waals surface area contributed by atoms with Gasteiger partial charge >= 0.3 is 11.9 Å². The number of carboxylic acids is 2. The number of aliphatic carboxylic acids is 1. The summed E-state index contributed by atoms with van der Waals surface area (Å²) >= 11 is 1.37. The van der Waals surface area contributed by atoms with Crippen molar-refractivity contribution in [1.29, 1.82) is 0 Å². The van der Waals surface area contributed by atoms with Gasteiger partial charge in [-0.15, -0.1) is 11.8 Å². The molecule has 6 heteroatoms. The molecule has 2 N–H and O–H groups in total. The van der Waals surface area contributed by atoms with E-state index in [1.807, 2.05) is 42.5 Å². The molecule has 0 bridgehead atoms. The van der Waals surface area contributed by atoms with Gasteiger partial charge in [-0.2, -0.15) is 0 Å². The van der Waals surface area contributed by atoms with E-state index in [1.54, 1.807) is 12.1 Å². The Bertz CT molecular complexity index is 1030. The quantitative estimate of drug-likeness (QED) is 0.376. The molecule has 0 amide bonds. The predicted molar refractivity (Wildman–Crippen MR) is 125 cm³/mol. The van der Waals surface area contributed by atoms with Crippen LogP contribution in [0.25, 0.3) is 0 Å². The monoisotopic (exact) mass is 450 g/mol. The lowest BCUT2D eigenvalue weighted by atomic mass is 9.96. The molecule has 0 saturated heterocycles. The summed E-state index contributed by atoms with van der Waals surface area (Å²) in [4.78, 5) is 23.9. The Morgan fingerprint density at radius 1 is 0.875 bits per heavy atom. The van der Waals surface area contributed by atoms with E-state index in [0.29, 0.717) is 0 Å². The highest BCUT2D eigenvalue weighted by Gasteiger charge is 2.32. The summed E-state index contributed by atoms with van der Waals surface area (Å²) in [5.74, 6) is -2.03. The van der Waals surface area contributed by atoms with Gasteiger partial charge in [-0.05, 0) is 60.2 Å². The second-order valence-corrected chi connectivity index (χ2v) is 8.62. The van der Waals surface area contributed by atoms with Crippen molar-refractivity contribution >= 4 is 23.7 Å². The first-order valence-electron chi connectivity index (χ1n) is 10.4. The molecule has 3 rings (SSSR count). The fourth-order valence-electron chi connectivity index (χ4n) is 3.63. The minimum atomic E-state index is -1.05. The molecule has 0 fully saturated rings. The largest absolute Gasteiger partial charge is 0.479 e. The Labute approximate surface area is 192 Å². The van der Waals surface area contributed by atoms with Crippen LogP contribution in [-0.2, 0) is 22.4 Å². The van der Waals surface area contributed by atoms with E-state index in [1.165, 1.54) is 36.6 Å². The van der Waals surface area contributed by atoms with Crippen molar-refractivity contribution < 1.29 is 24.5 Å². The Kier molecular flexibility index (Phi) is 8.48. The van der Waals surface area contributed by atoms with Crippen LogP contribution >= 0.6 is 11.8 Å². The second kappa shape index (κ2) is 11.5. The van der Waals surface area contributed by atoms with Crippen molar-refractivity contribution in [1.82, 2.24) is 0 Å². The average Bonchev–Trinajstić information content (AvgIpc) is 2.80. The van der Waals surface area contributed by atoms with Gasteiger partial charge in [0.05, 0.1) is 10.8 Å². The van der Waals surface area contributed by atoms with Gasteiger partial charge in [0.1, 0.15) is 0 Å². The smallest absolute Gasteiger partial charge is 0.335 e. The molecule has 0 aliphatic rings. The molecule has 3 aromatic rings. The number of aromatic carboxylic acids is 1. The van der Waals surface area contributed by atoms with Crippen molar-refractivity contribution in [2.45, 2.75) is 35.5 Å². The topological polar surface area (TPSA) is 83.8 Å². The number of hydrogen-bond donors (Lipinski definition) is 2. The molecule has 0 aromatic heterocycles. The van der Waals surface area contributed by atoms with Crippen molar-refractivity contribution in [3.05, 3.63) is 101 Å². The maximum absolute atomic E-state index is 12.0. The number of thioether (sulfide) groups is 1. The number of ether oxygens (including phenoxy) is 1. The first kappa shape index (κ1) is 23.6. The minimum absolute atomic E-state index is 0.189. The molecule has 2 unspecified atom stereocenters. The van der Waals surface area contributed by atoms with Crippen molar-refractivity contribution in [2.75, 3.05) is 7.11 Å². The third kappa shape index (κ3) is 6.22. The molecule has 0 radical (unpaired) electrons. The zero-order chi connectivity index (χ0) is 22.9. The van der Waals surface area contributed by atoms with Crippen LogP contribution in [0.1, 0.15) is 38.7 Å². The van der Waals surface area contributed by atoms with Crippen LogP contribution in [0, 0.1) is 0 Å². The molecule has 32 heavy (non-hydrogen) atoms. The highest BCUT2D eigenvalue weighted by atomic mass is 32.2. The normalized spacial score (nSPS) is 12.8. The summed E-state index contributed by atoms with van der Waals surface area (Å²) in [6.45, 7) is 0. The molecule has 3 aromatic carbocycles. The Morgan fingerprint density at radius 2 is 1.53 bits per heavy atom. The van der Waals surface area contributed by atoms with E-state index in [4.69, 9.17) is 9.84 Å². The lowest BCUT2D eigenvalue weighted by molar-refractivity contribution is -0.148. The van der Waals surface area contributed by atoms with Gasteiger partial charge < -0.3 is 14.9 Å². The van der Waals surface area contributed by atoms with Gasteiger partial charge in [-0.25, -0.2) is 9.59 Å². The van der Waals surface area contributed by atoms with E-state index in [-0.39, 0.29) is 5.56 Å². The summed E-state index contributed by atoms with van der Waals surface area (Å²) < 4.78 is 5.38. The molecule has 0 heterocycles. The lowest BCUT2D eigenvalue weighted by Gasteiger charge is -2.25. The zero-order valence-corrected chi connectivity index (χ0v) is 18.6. The summed E-state index contributed by atoms with van der Waals surface area (Å²) in [5.41, 5.74) is 3.47. The van der Waals surface area contributed by atoms with Crippen LogP contribution in [0.3, 0.4) is 0 Å². The Hall–Kier alpha value is -3.09. The zero-order valence-electron chi connectivity index (χ0n) is 17.8. The van der Waals surface area contributed by atoms with Crippen LogP contribution in [0.4, 0.5) is 0 Å². The fourth-order valence-corrected chi connectivity index (χ4v) is 4.93. The van der Waals surface area contributed by atoms with Gasteiger partial charge in [0, 0.05) is 12.0 Å². The van der Waals surface area contributed by atoms with Crippen LogP contribution in [0.5, 0.6) is 0 Å². The molecule has 166 valence electrons. The number of carbonyl (C=O) groups is 2. The molecule has 0 aliphatic heterocycles. The highest BCUT2D eigenvalue weighted by Crippen LogP contribution is 2.41. The first-order valence-corrected chi connectivity index (χ1v) is 11.2. The summed E-state index contributed by atoms with van der Waals surface area (Å²) in [7, 11) is 1.40. The van der Waals surface area contributed by atoms with Gasteiger partial charge in [0.25, 0.3) is 0 Å². The van der Waals surface area contributed by atoms with E-state index in [2.05, 4.69) is 12.1 Å². The molecule has 5 nitrogen and oxygen atoms in total. The SMILES string of the molecule is COC(C(=O)O)C(Sc1ccc(C(=O)O)cc1)c1ccccc1CCCc1ccccc1. The standard InChI is InChI=1S/C26H26O5S/c1-31-23(26(29)30)24(32-21-16-14-20(15-17-21)25(27)28)22-13-6-5-11-19(22)12-7-10-18-8-3-2-4-9-18/h2-6,8-9,11,13-17,23-24H,7,10,12H2,1H3,(H,27,28)(H,29,30). The number of aryl methyl sites for hydroxylation is 2. The van der Waals surface area contributed by atoms with Crippen molar-refractivity contribution in [3.63, 3.8) is 0 Å². The van der Waals surface area contributed by atoms with Crippen LogP contribution in [0.2, 0.25) is 0 Å². The third-order valence-electron chi connectivity index (χ3n) is 5.25. The number of methoxy groups -OCH3 is 1. The predicted octanol–water partition coefficient (Wildman–Crippen LogP) is 5.49. The maximum Gasteiger partial charge on any atom is 0.335 e. The van der Waals surface area contributed by atoms with Crippen LogP contribution in [0.15, 0.2) is 83.8 Å². The number of rotatable bonds is 11. The minimum Gasteiger partial charge on any atom is -0.479 e. The van der Waals surface area contributed by atoms with E-state index in [9.17, 15) is 14.7 Å². The van der Waals surface area contributed by atoms with Gasteiger partial charge in [0.15, 0.2) is 6.10 Å². The number of carboxylic acid groups (broad SMARTS) is 2. The van der Waals surface area contributed by atoms with Gasteiger partial charge in [-0.1, -0.05) is 54.6 Å². The number of benzene rings is 3. The van der Waals surface area contributed by atoms with E-state index >= 15 is 0 Å². The Balaban J connectivity index is 1.85. The van der Waals surface area contributed by atoms with Crippen molar-refractivity contribution in [2.24, 2.45) is 0 Å². The fraction of sp³-hybridized carbons (Fsp3) is 0.231. The summed E-state index contributed by atoms with van der Waals surface area (Å²) in [5, 5.41) is 18.4. The van der Waals surface area contributed by atoms with Crippen molar-refractivity contribution in [3.8, 4) is 0 Å². The molecular formula is C26H26O5S. The van der Waals surface area contributed by atoms with Crippen LogP contribution in [-0.4, -0.2) is 35.4 Å². The third-order valence-corrected chi connectivity index (χ3v) is 6.55. The number of hydrogen-bond acceptors (Lipinski definition) is 4. The van der Waals surface area contributed by atoms with E-state index < -0.39 is 23.3 Å². The second-order valence-electron chi connectivity index (χ2n) is 7.40. The van der Waals surface area contributed by atoms with E-state index in [0.717, 1.165) is 35.3 Å². The molecule has 2 atom stereocenters. The van der Waals surface area contributed by atoms with Crippen LogP contribution < -0.4 is 0 Å². The average molecular weight is 451 g/mol. The molecule has 0 saturated carbocycles.